The van der Waals surface area contributed by atoms with Gasteiger partial charge in [0.05, 0.1) is 11.6 Å². The summed E-state index contributed by atoms with van der Waals surface area (Å²) in [5, 5.41) is 10.3. The van der Waals surface area contributed by atoms with Crippen LogP contribution in [0, 0.1) is 11.3 Å². The van der Waals surface area contributed by atoms with Gasteiger partial charge in [0, 0.05) is 22.8 Å². The van der Waals surface area contributed by atoms with Crippen LogP contribution < -0.4 is 4.90 Å². The van der Waals surface area contributed by atoms with Crippen LogP contribution in [0.25, 0.3) is 11.6 Å². The first-order valence-corrected chi connectivity index (χ1v) is 9.53. The molecule has 0 fully saturated rings. The molecule has 134 valence electrons. The van der Waals surface area contributed by atoms with Gasteiger partial charge in [-0.3, -0.25) is 0 Å². The number of hydrogen-bond acceptors (Lipinski definition) is 2. The lowest BCUT2D eigenvalue weighted by Gasteiger charge is -2.47. The van der Waals surface area contributed by atoms with E-state index in [9.17, 15) is 5.26 Å². The fourth-order valence-electron chi connectivity index (χ4n) is 4.17. The lowest BCUT2D eigenvalue weighted by atomic mass is 9.79. The second-order valence-electron chi connectivity index (χ2n) is 7.66. The third-order valence-electron chi connectivity index (χ3n) is 5.31. The first-order chi connectivity index (χ1) is 12.4. The quantitative estimate of drug-likeness (QED) is 0.458. The molecule has 2 nitrogen and oxygen atoms in total. The molecular formula is C23H25ClN2. The molecule has 1 aliphatic heterocycles. The maximum absolute atomic E-state index is 9.59. The van der Waals surface area contributed by atoms with Crippen molar-refractivity contribution in [2.24, 2.45) is 0 Å². The molecule has 2 aromatic carbocycles. The van der Waals surface area contributed by atoms with Gasteiger partial charge in [0.1, 0.15) is 0 Å². The molecule has 0 aromatic heterocycles. The summed E-state index contributed by atoms with van der Waals surface area (Å²) in [7, 11) is 0. The van der Waals surface area contributed by atoms with Gasteiger partial charge in [-0.15, -0.1) is 0 Å². The Kier molecular flexibility index (Phi) is 5.12. The lowest BCUT2D eigenvalue weighted by molar-refractivity contribution is 0.381. The third-order valence-corrected chi connectivity index (χ3v) is 5.56. The molecule has 3 rings (SSSR count). The van der Waals surface area contributed by atoms with E-state index in [2.05, 4.69) is 56.9 Å². The van der Waals surface area contributed by atoms with Crippen LogP contribution in [0.15, 0.2) is 42.5 Å². The molecule has 0 N–H and O–H groups in total. The van der Waals surface area contributed by atoms with E-state index < -0.39 is 0 Å². The molecule has 1 unspecified atom stereocenters. The van der Waals surface area contributed by atoms with E-state index in [1.54, 1.807) is 0 Å². The number of halogens is 1. The Hall–Kier alpha value is -2.24. The van der Waals surface area contributed by atoms with E-state index in [-0.39, 0.29) is 5.54 Å². The summed E-state index contributed by atoms with van der Waals surface area (Å²) in [6.45, 7) is 10.1. The molecule has 0 saturated heterocycles. The molecule has 1 heterocycles. The molecule has 0 amide bonds. The van der Waals surface area contributed by atoms with Crippen LogP contribution in [-0.4, -0.2) is 12.1 Å². The van der Waals surface area contributed by atoms with Gasteiger partial charge in [0.2, 0.25) is 0 Å². The van der Waals surface area contributed by atoms with Crippen LogP contribution in [0.5, 0.6) is 0 Å². The summed E-state index contributed by atoms with van der Waals surface area (Å²) in [6.07, 6.45) is 3.09. The Morgan fingerprint density at radius 1 is 1.27 bits per heavy atom. The first-order valence-electron chi connectivity index (χ1n) is 9.15. The molecule has 0 aliphatic carbocycles. The van der Waals surface area contributed by atoms with Crippen LogP contribution in [0.4, 0.5) is 5.69 Å². The van der Waals surface area contributed by atoms with Gasteiger partial charge in [0.15, 0.2) is 0 Å². The molecule has 26 heavy (non-hydrogen) atoms. The van der Waals surface area contributed by atoms with Crippen LogP contribution in [-0.2, 0) is 0 Å². The van der Waals surface area contributed by atoms with Crippen molar-refractivity contribution in [3.05, 3.63) is 64.2 Å². The minimum Gasteiger partial charge on any atom is -0.366 e. The number of fused-ring (bicyclic) bond motifs is 1. The number of allylic oxidation sites excluding steroid dienone is 1. The van der Waals surface area contributed by atoms with Crippen LogP contribution in [0.3, 0.4) is 0 Å². The van der Waals surface area contributed by atoms with Crippen molar-refractivity contribution in [2.45, 2.75) is 45.6 Å². The van der Waals surface area contributed by atoms with Gasteiger partial charge in [-0.05, 0) is 80.1 Å². The molecule has 1 atom stereocenters. The van der Waals surface area contributed by atoms with Crippen molar-refractivity contribution in [3.63, 3.8) is 0 Å². The zero-order valence-electron chi connectivity index (χ0n) is 15.9. The number of benzene rings is 2. The predicted octanol–water partition coefficient (Wildman–Crippen LogP) is 6.52. The number of hydrogen-bond donors (Lipinski definition) is 0. The van der Waals surface area contributed by atoms with E-state index in [4.69, 9.17) is 11.6 Å². The molecule has 2 aromatic rings. The zero-order valence-corrected chi connectivity index (χ0v) is 16.6. The SMILES string of the molecule is CCN1c2ccc(/C=C(/C#N)c3ccc(Cl)cc3)cc2C(C)CC1(C)C. The van der Waals surface area contributed by atoms with Gasteiger partial charge in [-0.1, -0.05) is 36.7 Å². The largest absolute Gasteiger partial charge is 0.366 e. The topological polar surface area (TPSA) is 27.0 Å². The smallest absolute Gasteiger partial charge is 0.0998 e. The summed E-state index contributed by atoms with van der Waals surface area (Å²) in [5.41, 5.74) is 5.46. The maximum Gasteiger partial charge on any atom is 0.0998 e. The minimum absolute atomic E-state index is 0.166. The van der Waals surface area contributed by atoms with Crippen molar-refractivity contribution < 1.29 is 0 Å². The molecular weight excluding hydrogens is 340 g/mol. The average molecular weight is 365 g/mol. The standard InChI is InChI=1S/C23H25ClN2/c1-5-26-22-11-6-17(13-21(22)16(2)14-23(26,3)4)12-19(15-25)18-7-9-20(24)10-8-18/h6-13,16H,5,14H2,1-4H3/b19-12-. The Morgan fingerprint density at radius 2 is 1.96 bits per heavy atom. The highest BCUT2D eigenvalue weighted by molar-refractivity contribution is 6.30. The summed E-state index contributed by atoms with van der Waals surface area (Å²) in [6, 6.07) is 16.3. The number of nitrogens with zero attached hydrogens (tertiary/aromatic N) is 2. The summed E-state index contributed by atoms with van der Waals surface area (Å²) in [5.74, 6) is 0.497. The second kappa shape index (κ2) is 7.17. The molecule has 3 heteroatoms. The molecule has 0 saturated carbocycles. The highest BCUT2D eigenvalue weighted by atomic mass is 35.5. The number of nitriles is 1. The van der Waals surface area contributed by atoms with Gasteiger partial charge in [-0.2, -0.15) is 5.26 Å². The highest BCUT2D eigenvalue weighted by Crippen LogP contribution is 2.43. The Balaban J connectivity index is 2.02. The molecule has 0 radical (unpaired) electrons. The van der Waals surface area contributed by atoms with Crippen molar-refractivity contribution in [2.75, 3.05) is 11.4 Å². The van der Waals surface area contributed by atoms with Crippen molar-refractivity contribution in [3.8, 4) is 6.07 Å². The van der Waals surface area contributed by atoms with E-state index in [0.29, 0.717) is 16.5 Å². The number of rotatable bonds is 3. The Labute approximate surface area is 161 Å². The van der Waals surface area contributed by atoms with E-state index in [1.807, 2.05) is 30.3 Å². The summed E-state index contributed by atoms with van der Waals surface area (Å²) < 4.78 is 0. The van der Waals surface area contributed by atoms with Crippen molar-refractivity contribution in [1.82, 2.24) is 0 Å². The van der Waals surface area contributed by atoms with Crippen LogP contribution in [0.2, 0.25) is 5.02 Å². The van der Waals surface area contributed by atoms with Gasteiger partial charge in [0.25, 0.3) is 0 Å². The van der Waals surface area contributed by atoms with Gasteiger partial charge in [-0.25, -0.2) is 0 Å². The van der Waals surface area contributed by atoms with Crippen LogP contribution in [0.1, 0.15) is 56.7 Å². The first kappa shape index (κ1) is 18.5. The maximum atomic E-state index is 9.59. The van der Waals surface area contributed by atoms with E-state index in [1.165, 1.54) is 11.3 Å². The van der Waals surface area contributed by atoms with Crippen LogP contribution >= 0.6 is 11.6 Å². The predicted molar refractivity (Wildman–Crippen MR) is 112 cm³/mol. The van der Waals surface area contributed by atoms with E-state index in [0.717, 1.165) is 24.1 Å². The Bertz CT molecular complexity index is 872. The fraction of sp³-hybridized carbons (Fsp3) is 0.348. The fourth-order valence-corrected chi connectivity index (χ4v) is 4.30. The third kappa shape index (κ3) is 3.50. The summed E-state index contributed by atoms with van der Waals surface area (Å²) >= 11 is 5.96. The normalized spacial score (nSPS) is 19.0. The van der Waals surface area contributed by atoms with E-state index >= 15 is 0 Å². The number of anilines is 1. The van der Waals surface area contributed by atoms with Gasteiger partial charge < -0.3 is 4.90 Å². The van der Waals surface area contributed by atoms with Crippen molar-refractivity contribution in [1.29, 1.82) is 5.26 Å². The highest BCUT2D eigenvalue weighted by Gasteiger charge is 2.35. The Morgan fingerprint density at radius 3 is 2.58 bits per heavy atom. The van der Waals surface area contributed by atoms with Crippen molar-refractivity contribution >= 4 is 28.9 Å². The zero-order chi connectivity index (χ0) is 18.9. The molecule has 1 aliphatic rings. The molecule has 0 bridgehead atoms. The summed E-state index contributed by atoms with van der Waals surface area (Å²) in [4.78, 5) is 2.49. The lowest BCUT2D eigenvalue weighted by Crippen LogP contribution is -2.48. The molecule has 0 spiro atoms. The monoisotopic (exact) mass is 364 g/mol. The minimum atomic E-state index is 0.166. The second-order valence-corrected chi connectivity index (χ2v) is 8.09. The van der Waals surface area contributed by atoms with Gasteiger partial charge >= 0.3 is 0 Å². The average Bonchev–Trinajstić information content (AvgIpc) is 2.60.